The highest BCUT2D eigenvalue weighted by Gasteiger charge is 2.28. The molecule has 0 unspecified atom stereocenters. The van der Waals surface area contributed by atoms with Gasteiger partial charge in [0.25, 0.3) is 0 Å². The molecule has 2 N–H and O–H groups in total. The molecule has 0 heterocycles. The molecule has 0 bridgehead atoms. The Hall–Kier alpha value is -0.860. The minimum Gasteiger partial charge on any atom is -0.389 e. The van der Waals surface area contributed by atoms with Crippen molar-refractivity contribution < 1.29 is 5.11 Å². The molecule has 18 heavy (non-hydrogen) atoms. The first-order valence-corrected chi connectivity index (χ1v) is 7.17. The summed E-state index contributed by atoms with van der Waals surface area (Å²) in [5.41, 5.74) is 2.32. The maximum absolute atomic E-state index is 10.4. The molecule has 1 aromatic rings. The first kappa shape index (κ1) is 13.6. The Morgan fingerprint density at radius 3 is 2.61 bits per heavy atom. The van der Waals surface area contributed by atoms with Crippen molar-refractivity contribution in [1.82, 2.24) is 5.32 Å². The Morgan fingerprint density at radius 1 is 1.17 bits per heavy atom. The third-order valence-electron chi connectivity index (χ3n) is 4.07. The van der Waals surface area contributed by atoms with Crippen molar-refractivity contribution in [1.29, 1.82) is 0 Å². The topological polar surface area (TPSA) is 32.3 Å². The molecule has 100 valence electrons. The third kappa shape index (κ3) is 3.82. The van der Waals surface area contributed by atoms with Gasteiger partial charge in [-0.3, -0.25) is 0 Å². The lowest BCUT2D eigenvalue weighted by molar-refractivity contribution is 0.00517. The van der Waals surface area contributed by atoms with Crippen LogP contribution in [0.5, 0.6) is 0 Å². The quantitative estimate of drug-likeness (QED) is 0.784. The van der Waals surface area contributed by atoms with Crippen LogP contribution in [-0.2, 0) is 6.42 Å². The van der Waals surface area contributed by atoms with E-state index in [1.54, 1.807) is 0 Å². The molecular formula is C16H25NO. The van der Waals surface area contributed by atoms with Gasteiger partial charge in [-0.2, -0.15) is 0 Å². The van der Waals surface area contributed by atoms with Crippen LogP contribution in [0.3, 0.4) is 0 Å². The predicted octanol–water partition coefficient (Wildman–Crippen LogP) is 2.82. The van der Waals surface area contributed by atoms with Crippen molar-refractivity contribution in [3.63, 3.8) is 0 Å². The van der Waals surface area contributed by atoms with Gasteiger partial charge < -0.3 is 10.4 Å². The van der Waals surface area contributed by atoms with Gasteiger partial charge in [0.05, 0.1) is 5.60 Å². The highest BCUT2D eigenvalue weighted by Crippen LogP contribution is 2.27. The lowest BCUT2D eigenvalue weighted by atomic mass is 9.85. The molecule has 0 atom stereocenters. The maximum atomic E-state index is 10.4. The predicted molar refractivity (Wildman–Crippen MR) is 75.8 cm³/mol. The lowest BCUT2D eigenvalue weighted by Gasteiger charge is -2.32. The van der Waals surface area contributed by atoms with Crippen LogP contribution in [-0.4, -0.2) is 23.8 Å². The molecule has 0 aromatic heterocycles. The van der Waals surface area contributed by atoms with Gasteiger partial charge in [-0.15, -0.1) is 0 Å². The van der Waals surface area contributed by atoms with Gasteiger partial charge in [-0.1, -0.05) is 43.5 Å². The molecule has 0 saturated heterocycles. The summed E-state index contributed by atoms with van der Waals surface area (Å²) in [5, 5.41) is 13.8. The molecule has 1 aromatic carbocycles. The second-order valence-electron chi connectivity index (χ2n) is 5.64. The van der Waals surface area contributed by atoms with Crippen molar-refractivity contribution in [2.45, 2.75) is 51.0 Å². The Bertz CT molecular complexity index is 369. The second kappa shape index (κ2) is 6.35. The molecule has 2 rings (SSSR count). The highest BCUT2D eigenvalue weighted by molar-refractivity contribution is 5.25. The number of aryl methyl sites for hydroxylation is 1. The van der Waals surface area contributed by atoms with Crippen LogP contribution in [0.2, 0.25) is 0 Å². The lowest BCUT2D eigenvalue weighted by Crippen LogP contribution is -2.42. The normalized spacial score (nSPS) is 18.8. The van der Waals surface area contributed by atoms with Crippen LogP contribution in [0.15, 0.2) is 24.3 Å². The molecule has 1 aliphatic carbocycles. The molecule has 1 aliphatic rings. The van der Waals surface area contributed by atoms with Crippen LogP contribution in [0, 0.1) is 6.92 Å². The zero-order valence-electron chi connectivity index (χ0n) is 11.4. The highest BCUT2D eigenvalue weighted by atomic mass is 16.3. The van der Waals surface area contributed by atoms with E-state index in [0.717, 1.165) is 32.4 Å². The molecule has 0 spiro atoms. The number of rotatable bonds is 5. The minimum atomic E-state index is -0.440. The second-order valence-corrected chi connectivity index (χ2v) is 5.64. The molecular weight excluding hydrogens is 222 g/mol. The Labute approximate surface area is 110 Å². The number of benzene rings is 1. The van der Waals surface area contributed by atoms with Crippen LogP contribution in [0.25, 0.3) is 0 Å². The Balaban J connectivity index is 1.71. The molecule has 1 saturated carbocycles. The van der Waals surface area contributed by atoms with Crippen molar-refractivity contribution in [3.8, 4) is 0 Å². The van der Waals surface area contributed by atoms with E-state index in [9.17, 15) is 5.11 Å². The number of nitrogens with one attached hydrogen (secondary N) is 1. The van der Waals surface area contributed by atoms with Gasteiger partial charge in [-0.05, 0) is 43.9 Å². The van der Waals surface area contributed by atoms with E-state index in [2.05, 4.69) is 36.5 Å². The van der Waals surface area contributed by atoms with Crippen molar-refractivity contribution in [2.75, 3.05) is 13.1 Å². The zero-order chi connectivity index (χ0) is 12.8. The Kier molecular flexibility index (Phi) is 4.79. The summed E-state index contributed by atoms with van der Waals surface area (Å²) in [6.45, 7) is 3.86. The molecule has 2 nitrogen and oxygen atoms in total. The van der Waals surface area contributed by atoms with E-state index in [-0.39, 0.29) is 0 Å². The standard InChI is InChI=1S/C16H25NO/c1-14-7-3-4-8-15(14)9-12-17-13-16(18)10-5-2-6-11-16/h3-4,7-8,17-18H,2,5-6,9-13H2,1H3. The van der Waals surface area contributed by atoms with Gasteiger partial charge >= 0.3 is 0 Å². The molecule has 0 radical (unpaired) electrons. The fraction of sp³-hybridized carbons (Fsp3) is 0.625. The minimum absolute atomic E-state index is 0.440. The summed E-state index contributed by atoms with van der Waals surface area (Å²) in [6, 6.07) is 8.52. The van der Waals surface area contributed by atoms with Crippen molar-refractivity contribution >= 4 is 0 Å². The first-order chi connectivity index (χ1) is 8.70. The Morgan fingerprint density at radius 2 is 1.89 bits per heavy atom. The SMILES string of the molecule is Cc1ccccc1CCNCC1(O)CCCCC1. The molecule has 0 aliphatic heterocycles. The average Bonchev–Trinajstić information content (AvgIpc) is 2.37. The van der Waals surface area contributed by atoms with Crippen LogP contribution in [0.1, 0.15) is 43.2 Å². The summed E-state index contributed by atoms with van der Waals surface area (Å²) >= 11 is 0. The van der Waals surface area contributed by atoms with Crippen LogP contribution in [0.4, 0.5) is 0 Å². The van der Waals surface area contributed by atoms with E-state index >= 15 is 0 Å². The zero-order valence-corrected chi connectivity index (χ0v) is 11.4. The molecule has 1 fully saturated rings. The smallest absolute Gasteiger partial charge is 0.0771 e. The monoisotopic (exact) mass is 247 g/mol. The number of aliphatic hydroxyl groups is 1. The van der Waals surface area contributed by atoms with Gasteiger partial charge in [0, 0.05) is 6.54 Å². The average molecular weight is 247 g/mol. The molecule has 2 heteroatoms. The van der Waals surface area contributed by atoms with Gasteiger partial charge in [0.2, 0.25) is 0 Å². The summed E-state index contributed by atoms with van der Waals surface area (Å²) in [5.74, 6) is 0. The maximum Gasteiger partial charge on any atom is 0.0771 e. The van der Waals surface area contributed by atoms with Crippen molar-refractivity contribution in [3.05, 3.63) is 35.4 Å². The van der Waals surface area contributed by atoms with E-state index in [0.29, 0.717) is 0 Å². The van der Waals surface area contributed by atoms with E-state index < -0.39 is 5.60 Å². The fourth-order valence-electron chi connectivity index (χ4n) is 2.82. The van der Waals surface area contributed by atoms with Crippen LogP contribution >= 0.6 is 0 Å². The third-order valence-corrected chi connectivity index (χ3v) is 4.07. The summed E-state index contributed by atoms with van der Waals surface area (Å²) in [6.07, 6.45) is 6.61. The van der Waals surface area contributed by atoms with E-state index in [4.69, 9.17) is 0 Å². The van der Waals surface area contributed by atoms with Gasteiger partial charge in [-0.25, -0.2) is 0 Å². The van der Waals surface area contributed by atoms with Gasteiger partial charge in [0.15, 0.2) is 0 Å². The number of hydrogen-bond donors (Lipinski definition) is 2. The van der Waals surface area contributed by atoms with Crippen LogP contribution < -0.4 is 5.32 Å². The summed E-state index contributed by atoms with van der Waals surface area (Å²) < 4.78 is 0. The largest absolute Gasteiger partial charge is 0.389 e. The van der Waals surface area contributed by atoms with E-state index in [1.165, 1.54) is 30.4 Å². The summed E-state index contributed by atoms with van der Waals surface area (Å²) in [7, 11) is 0. The summed E-state index contributed by atoms with van der Waals surface area (Å²) in [4.78, 5) is 0. The van der Waals surface area contributed by atoms with Crippen molar-refractivity contribution in [2.24, 2.45) is 0 Å². The molecule has 0 amide bonds. The number of hydrogen-bond acceptors (Lipinski definition) is 2. The van der Waals surface area contributed by atoms with Gasteiger partial charge in [0.1, 0.15) is 0 Å². The van der Waals surface area contributed by atoms with E-state index in [1.807, 2.05) is 0 Å². The fourth-order valence-corrected chi connectivity index (χ4v) is 2.82. The first-order valence-electron chi connectivity index (χ1n) is 7.17.